The van der Waals surface area contributed by atoms with Crippen LogP contribution in [0.3, 0.4) is 0 Å². The van der Waals surface area contributed by atoms with Gasteiger partial charge in [-0.15, -0.1) is 0 Å². The number of ether oxygens (including phenoxy) is 2. The molecule has 118 valence electrons. The highest BCUT2D eigenvalue weighted by Crippen LogP contribution is 2.47. The first kappa shape index (κ1) is 14.3. The van der Waals surface area contributed by atoms with E-state index in [1.165, 1.54) is 22.3 Å². The zero-order valence-electron chi connectivity index (χ0n) is 13.2. The minimum absolute atomic E-state index is 0.169. The van der Waals surface area contributed by atoms with Crippen LogP contribution in [0, 0.1) is 0 Å². The van der Waals surface area contributed by atoms with Crippen molar-refractivity contribution in [2.75, 3.05) is 7.11 Å². The molecule has 23 heavy (non-hydrogen) atoms. The van der Waals surface area contributed by atoms with Crippen molar-refractivity contribution in [1.82, 2.24) is 0 Å². The first-order valence-corrected chi connectivity index (χ1v) is 8.06. The number of aliphatic hydroxyl groups excluding tert-OH is 1. The van der Waals surface area contributed by atoms with E-state index in [-0.39, 0.29) is 5.92 Å². The number of benzene rings is 2. The van der Waals surface area contributed by atoms with E-state index < -0.39 is 6.29 Å². The molecule has 0 saturated carbocycles. The third-order valence-electron chi connectivity index (χ3n) is 4.79. The number of hydrogen-bond donors (Lipinski definition) is 1. The number of methoxy groups -OCH3 is 1. The summed E-state index contributed by atoms with van der Waals surface area (Å²) in [5.74, 6) is 2.00. The van der Waals surface area contributed by atoms with Crippen LogP contribution in [0.5, 0.6) is 5.75 Å². The standard InChI is InChI=1S/C20H20O3/c1-22-15-8-9-16-14(11-15)7-10-18-20(16)17(12-19(21)23-18)13-5-3-2-4-6-13/h2-6,8-9,11,17,19,21H,7,10,12H2,1H3/t17-,19?/m0/s1. The molecule has 1 aliphatic heterocycles. The summed E-state index contributed by atoms with van der Waals surface area (Å²) in [5, 5.41) is 10.1. The van der Waals surface area contributed by atoms with Gasteiger partial charge in [-0.2, -0.15) is 0 Å². The molecule has 1 aliphatic carbocycles. The second kappa shape index (κ2) is 5.74. The van der Waals surface area contributed by atoms with Gasteiger partial charge in [-0.25, -0.2) is 0 Å². The molecule has 1 unspecified atom stereocenters. The molecular weight excluding hydrogens is 288 g/mol. The summed E-state index contributed by atoms with van der Waals surface area (Å²) in [4.78, 5) is 0. The van der Waals surface area contributed by atoms with Gasteiger partial charge in [0.05, 0.1) is 7.11 Å². The highest BCUT2D eigenvalue weighted by atomic mass is 16.6. The number of rotatable bonds is 2. The Morgan fingerprint density at radius 2 is 1.91 bits per heavy atom. The van der Waals surface area contributed by atoms with E-state index in [0.717, 1.165) is 24.4 Å². The van der Waals surface area contributed by atoms with Gasteiger partial charge in [-0.05, 0) is 35.2 Å². The Bertz CT molecular complexity index is 749. The van der Waals surface area contributed by atoms with Gasteiger partial charge in [0.15, 0.2) is 6.29 Å². The van der Waals surface area contributed by atoms with E-state index in [0.29, 0.717) is 6.42 Å². The lowest BCUT2D eigenvalue weighted by molar-refractivity contribution is -0.0809. The van der Waals surface area contributed by atoms with E-state index in [1.807, 2.05) is 12.1 Å². The topological polar surface area (TPSA) is 38.7 Å². The predicted octanol–water partition coefficient (Wildman–Crippen LogP) is 3.88. The molecule has 4 rings (SSSR count). The van der Waals surface area contributed by atoms with Crippen LogP contribution in [-0.2, 0) is 11.2 Å². The maximum absolute atomic E-state index is 10.1. The molecule has 0 amide bonds. The number of aliphatic hydroxyl groups is 1. The maximum atomic E-state index is 10.1. The van der Waals surface area contributed by atoms with Crippen molar-refractivity contribution in [2.45, 2.75) is 31.5 Å². The van der Waals surface area contributed by atoms with E-state index >= 15 is 0 Å². The SMILES string of the molecule is COc1ccc2c(c1)CCC1=C2[C@H](c2ccccc2)CC(O)O1. The first-order valence-electron chi connectivity index (χ1n) is 8.06. The molecule has 3 heteroatoms. The Morgan fingerprint density at radius 3 is 2.70 bits per heavy atom. The van der Waals surface area contributed by atoms with Crippen molar-refractivity contribution in [3.05, 3.63) is 71.0 Å². The minimum Gasteiger partial charge on any atom is -0.497 e. The molecule has 0 radical (unpaired) electrons. The zero-order chi connectivity index (χ0) is 15.8. The van der Waals surface area contributed by atoms with Crippen LogP contribution in [0.1, 0.15) is 35.4 Å². The smallest absolute Gasteiger partial charge is 0.197 e. The second-order valence-electron chi connectivity index (χ2n) is 6.13. The van der Waals surface area contributed by atoms with Crippen LogP contribution in [-0.4, -0.2) is 18.5 Å². The van der Waals surface area contributed by atoms with Crippen LogP contribution >= 0.6 is 0 Å². The lowest BCUT2D eigenvalue weighted by Crippen LogP contribution is -2.26. The van der Waals surface area contributed by atoms with Crippen molar-refractivity contribution in [2.24, 2.45) is 0 Å². The Hall–Kier alpha value is -2.26. The van der Waals surface area contributed by atoms with Gasteiger partial charge in [0, 0.05) is 24.3 Å². The molecule has 3 nitrogen and oxygen atoms in total. The summed E-state index contributed by atoms with van der Waals surface area (Å²) >= 11 is 0. The van der Waals surface area contributed by atoms with Gasteiger partial charge in [-0.1, -0.05) is 36.4 Å². The molecule has 0 aromatic heterocycles. The Balaban J connectivity index is 1.84. The third-order valence-corrected chi connectivity index (χ3v) is 4.79. The summed E-state index contributed by atoms with van der Waals surface area (Å²) < 4.78 is 11.1. The van der Waals surface area contributed by atoms with Crippen LogP contribution in [0.15, 0.2) is 54.3 Å². The van der Waals surface area contributed by atoms with Gasteiger partial charge < -0.3 is 14.6 Å². The Kier molecular flexibility index (Phi) is 3.58. The highest BCUT2D eigenvalue weighted by Gasteiger charge is 2.34. The molecule has 0 fully saturated rings. The third kappa shape index (κ3) is 2.51. The summed E-state index contributed by atoms with van der Waals surface area (Å²) in [6.45, 7) is 0. The Morgan fingerprint density at radius 1 is 1.09 bits per heavy atom. The summed E-state index contributed by atoms with van der Waals surface area (Å²) in [6, 6.07) is 16.6. The molecule has 2 aromatic carbocycles. The van der Waals surface area contributed by atoms with Crippen LogP contribution in [0.2, 0.25) is 0 Å². The molecule has 2 atom stereocenters. The summed E-state index contributed by atoms with van der Waals surface area (Å²) in [6.07, 6.45) is 1.61. The monoisotopic (exact) mass is 308 g/mol. The van der Waals surface area contributed by atoms with Crippen LogP contribution in [0.25, 0.3) is 5.57 Å². The van der Waals surface area contributed by atoms with Crippen LogP contribution < -0.4 is 4.74 Å². The number of aryl methyl sites for hydroxylation is 1. The van der Waals surface area contributed by atoms with Crippen molar-refractivity contribution in [1.29, 1.82) is 0 Å². The summed E-state index contributed by atoms with van der Waals surface area (Å²) in [7, 11) is 1.70. The lowest BCUT2D eigenvalue weighted by Gasteiger charge is -2.36. The van der Waals surface area contributed by atoms with E-state index in [4.69, 9.17) is 9.47 Å². The van der Waals surface area contributed by atoms with Crippen molar-refractivity contribution in [3.63, 3.8) is 0 Å². The van der Waals surface area contributed by atoms with E-state index in [9.17, 15) is 5.11 Å². The fourth-order valence-corrected chi connectivity index (χ4v) is 3.72. The first-order chi connectivity index (χ1) is 11.3. The predicted molar refractivity (Wildman–Crippen MR) is 89.1 cm³/mol. The normalized spacial score (nSPS) is 22.9. The average molecular weight is 308 g/mol. The van der Waals surface area contributed by atoms with Gasteiger partial charge in [0.25, 0.3) is 0 Å². The van der Waals surface area contributed by atoms with Gasteiger partial charge >= 0.3 is 0 Å². The minimum atomic E-state index is -0.723. The number of hydrogen-bond acceptors (Lipinski definition) is 3. The zero-order valence-corrected chi connectivity index (χ0v) is 13.2. The molecule has 0 saturated heterocycles. The average Bonchev–Trinajstić information content (AvgIpc) is 2.60. The molecule has 1 N–H and O–H groups in total. The lowest BCUT2D eigenvalue weighted by atomic mass is 9.77. The fraction of sp³-hybridized carbons (Fsp3) is 0.300. The van der Waals surface area contributed by atoms with Gasteiger partial charge in [-0.3, -0.25) is 0 Å². The molecule has 0 spiro atoms. The molecule has 2 aromatic rings. The van der Waals surface area contributed by atoms with Crippen molar-refractivity contribution < 1.29 is 14.6 Å². The molecular formula is C20H20O3. The molecule has 0 bridgehead atoms. The second-order valence-corrected chi connectivity index (χ2v) is 6.13. The highest BCUT2D eigenvalue weighted by molar-refractivity contribution is 5.78. The van der Waals surface area contributed by atoms with Crippen molar-refractivity contribution in [3.8, 4) is 5.75 Å². The molecule has 1 heterocycles. The maximum Gasteiger partial charge on any atom is 0.197 e. The number of allylic oxidation sites excluding steroid dienone is 2. The van der Waals surface area contributed by atoms with E-state index in [1.54, 1.807) is 7.11 Å². The largest absolute Gasteiger partial charge is 0.497 e. The van der Waals surface area contributed by atoms with Gasteiger partial charge in [0.1, 0.15) is 11.5 Å². The molecule has 2 aliphatic rings. The summed E-state index contributed by atoms with van der Waals surface area (Å²) in [5.41, 5.74) is 4.98. The van der Waals surface area contributed by atoms with Crippen LogP contribution in [0.4, 0.5) is 0 Å². The van der Waals surface area contributed by atoms with Gasteiger partial charge in [0.2, 0.25) is 0 Å². The fourth-order valence-electron chi connectivity index (χ4n) is 3.72. The van der Waals surface area contributed by atoms with Crippen molar-refractivity contribution >= 4 is 5.57 Å². The number of fused-ring (bicyclic) bond motifs is 2. The Labute approximate surface area is 136 Å². The van der Waals surface area contributed by atoms with E-state index in [2.05, 4.69) is 36.4 Å². The quantitative estimate of drug-likeness (QED) is 0.915.